The Morgan fingerprint density at radius 3 is 2.44 bits per heavy atom. The van der Waals surface area contributed by atoms with E-state index in [-0.39, 0.29) is 37.5 Å². The molecule has 4 aromatic rings. The minimum absolute atomic E-state index is 0.0272. The summed E-state index contributed by atoms with van der Waals surface area (Å²) in [6, 6.07) is 15.8. The zero-order chi connectivity index (χ0) is 26.0. The molecule has 0 atom stereocenters. The van der Waals surface area contributed by atoms with E-state index in [0.717, 1.165) is 16.9 Å². The number of hydrogen-bond acceptors (Lipinski definition) is 6. The van der Waals surface area contributed by atoms with E-state index in [0.29, 0.717) is 10.2 Å². The van der Waals surface area contributed by atoms with Gasteiger partial charge in [0.15, 0.2) is 4.80 Å². The largest absolute Gasteiger partial charge is 0.468 e. The molecule has 0 aliphatic rings. The molecule has 0 radical (unpaired) electrons. The van der Waals surface area contributed by atoms with Crippen molar-refractivity contribution in [2.45, 2.75) is 18.4 Å². The van der Waals surface area contributed by atoms with Crippen LogP contribution in [0.15, 0.2) is 70.6 Å². The topological polar surface area (TPSA) is 107 Å². The van der Waals surface area contributed by atoms with Crippen LogP contribution in [0.25, 0.3) is 10.2 Å². The first-order valence-corrected chi connectivity index (χ1v) is 13.5. The average molecular weight is 564 g/mol. The van der Waals surface area contributed by atoms with Gasteiger partial charge >= 0.3 is 5.97 Å². The van der Waals surface area contributed by atoms with Crippen molar-refractivity contribution in [2.75, 3.05) is 11.8 Å². The third kappa shape index (κ3) is 5.31. The molecule has 0 aliphatic heterocycles. The molecule has 0 aliphatic carbocycles. The van der Waals surface area contributed by atoms with E-state index in [1.165, 1.54) is 35.9 Å². The number of thiazole rings is 1. The van der Waals surface area contributed by atoms with Gasteiger partial charge in [-0.15, -0.1) is 0 Å². The second-order valence-electron chi connectivity index (χ2n) is 7.64. The van der Waals surface area contributed by atoms with Crippen molar-refractivity contribution < 1.29 is 22.7 Å². The highest BCUT2D eigenvalue weighted by Gasteiger charge is 2.20. The van der Waals surface area contributed by atoms with Crippen LogP contribution in [0.3, 0.4) is 0 Å². The Morgan fingerprint density at radius 1 is 1.06 bits per heavy atom. The molecule has 186 valence electrons. The van der Waals surface area contributed by atoms with E-state index >= 15 is 0 Å². The predicted molar refractivity (Wildman–Crippen MR) is 140 cm³/mol. The highest BCUT2D eigenvalue weighted by Crippen LogP contribution is 2.32. The van der Waals surface area contributed by atoms with Crippen molar-refractivity contribution in [2.24, 2.45) is 4.99 Å². The van der Waals surface area contributed by atoms with E-state index in [1.807, 2.05) is 6.92 Å². The molecule has 1 amide bonds. The summed E-state index contributed by atoms with van der Waals surface area (Å²) in [5.74, 6) is -1.30. The van der Waals surface area contributed by atoms with Gasteiger partial charge in [0.05, 0.1) is 43.5 Å². The lowest BCUT2D eigenvalue weighted by Crippen LogP contribution is -2.23. The third-order valence-electron chi connectivity index (χ3n) is 5.18. The van der Waals surface area contributed by atoms with Gasteiger partial charge in [-0.05, 0) is 43.3 Å². The number of benzene rings is 3. The molecule has 36 heavy (non-hydrogen) atoms. The maximum Gasteiger partial charge on any atom is 0.325 e. The molecule has 0 bridgehead atoms. The van der Waals surface area contributed by atoms with E-state index in [1.54, 1.807) is 36.4 Å². The van der Waals surface area contributed by atoms with E-state index in [4.69, 9.17) is 27.9 Å². The van der Waals surface area contributed by atoms with E-state index < -0.39 is 21.9 Å². The second kappa shape index (κ2) is 10.4. The van der Waals surface area contributed by atoms with Crippen LogP contribution in [0.5, 0.6) is 0 Å². The number of fused-ring (bicyclic) bond motifs is 1. The number of esters is 1. The van der Waals surface area contributed by atoms with Gasteiger partial charge in [0.2, 0.25) is 0 Å². The van der Waals surface area contributed by atoms with Crippen molar-refractivity contribution in [1.82, 2.24) is 4.57 Å². The molecular weight excluding hydrogens is 545 g/mol. The number of ether oxygens (including phenoxy) is 1. The number of nitrogens with zero attached hydrogens (tertiary/aromatic N) is 2. The summed E-state index contributed by atoms with van der Waals surface area (Å²) in [6.45, 7) is 1.59. The zero-order valence-electron chi connectivity index (χ0n) is 19.0. The number of aryl methyl sites for hydroxylation is 1. The van der Waals surface area contributed by atoms with Gasteiger partial charge in [-0.2, -0.15) is 4.99 Å². The number of anilines is 1. The molecule has 0 unspecified atom stereocenters. The summed E-state index contributed by atoms with van der Waals surface area (Å²) in [7, 11) is -2.72. The molecule has 1 N–H and O–H groups in total. The number of nitrogens with one attached hydrogen (secondary N) is 1. The lowest BCUT2D eigenvalue weighted by Gasteiger charge is -2.11. The number of amides is 1. The normalized spacial score (nSPS) is 12.1. The Balaban J connectivity index is 1.79. The highest BCUT2D eigenvalue weighted by atomic mass is 35.5. The standard InChI is InChI=1S/C24H19Cl2N3O5S2/c1-14-7-9-15(10-8-14)36(32,33)28-18-6-4-3-5-16(18)23(31)27-24-29(13-20(30)34-2)22-19(35-24)12-11-17(25)21(22)26/h3-12,28H,13H2,1-2H3. The number of para-hydroxylation sites is 1. The Hall–Kier alpha value is -3.18. The van der Waals surface area contributed by atoms with Crippen LogP contribution in [0.2, 0.25) is 10.0 Å². The highest BCUT2D eigenvalue weighted by molar-refractivity contribution is 7.92. The number of methoxy groups -OCH3 is 1. The Morgan fingerprint density at radius 2 is 1.75 bits per heavy atom. The summed E-state index contributed by atoms with van der Waals surface area (Å²) in [5, 5.41) is 0.476. The van der Waals surface area contributed by atoms with Gasteiger partial charge in [0.25, 0.3) is 15.9 Å². The lowest BCUT2D eigenvalue weighted by molar-refractivity contribution is -0.141. The third-order valence-corrected chi connectivity index (χ3v) is 8.40. The smallest absolute Gasteiger partial charge is 0.325 e. The maximum absolute atomic E-state index is 13.3. The molecule has 0 saturated heterocycles. The Labute approximate surface area is 220 Å². The first kappa shape index (κ1) is 25.9. The number of aromatic nitrogens is 1. The minimum atomic E-state index is -3.96. The maximum atomic E-state index is 13.3. The van der Waals surface area contributed by atoms with Crippen LogP contribution >= 0.6 is 34.5 Å². The minimum Gasteiger partial charge on any atom is -0.468 e. The molecule has 1 aromatic heterocycles. The molecule has 8 nitrogen and oxygen atoms in total. The summed E-state index contributed by atoms with van der Waals surface area (Å²) < 4.78 is 35.1. The fraction of sp³-hybridized carbons (Fsp3) is 0.125. The van der Waals surface area contributed by atoms with Gasteiger partial charge in [0, 0.05) is 0 Å². The fourth-order valence-corrected chi connectivity index (χ4v) is 5.95. The number of carbonyl (C=O) groups is 2. The van der Waals surface area contributed by atoms with E-state index in [9.17, 15) is 18.0 Å². The Bertz CT molecular complexity index is 1660. The first-order chi connectivity index (χ1) is 17.1. The lowest BCUT2D eigenvalue weighted by atomic mass is 10.2. The van der Waals surface area contributed by atoms with Crippen molar-refractivity contribution in [3.8, 4) is 0 Å². The van der Waals surface area contributed by atoms with Gasteiger partial charge in [-0.1, -0.05) is 64.4 Å². The number of halogens is 2. The molecule has 0 saturated carbocycles. The first-order valence-electron chi connectivity index (χ1n) is 10.4. The summed E-state index contributed by atoms with van der Waals surface area (Å²) in [4.78, 5) is 29.8. The van der Waals surface area contributed by atoms with Crippen molar-refractivity contribution in [3.63, 3.8) is 0 Å². The summed E-state index contributed by atoms with van der Waals surface area (Å²) in [5.41, 5.74) is 1.43. The van der Waals surface area contributed by atoms with Crippen LogP contribution in [0.4, 0.5) is 5.69 Å². The molecule has 3 aromatic carbocycles. The van der Waals surface area contributed by atoms with Crippen LogP contribution in [-0.2, 0) is 26.1 Å². The molecule has 1 heterocycles. The predicted octanol–water partition coefficient (Wildman–Crippen LogP) is 5.03. The van der Waals surface area contributed by atoms with Crippen molar-refractivity contribution in [3.05, 3.63) is 86.6 Å². The number of carbonyl (C=O) groups excluding carboxylic acids is 2. The van der Waals surface area contributed by atoms with Crippen LogP contribution < -0.4 is 9.52 Å². The number of hydrogen-bond donors (Lipinski definition) is 1. The summed E-state index contributed by atoms with van der Waals surface area (Å²) in [6.07, 6.45) is 0. The number of sulfonamides is 1. The van der Waals surface area contributed by atoms with Gasteiger partial charge in [-0.3, -0.25) is 14.3 Å². The molecule has 0 spiro atoms. The molecule has 4 rings (SSSR count). The van der Waals surface area contributed by atoms with Crippen molar-refractivity contribution >= 4 is 72.3 Å². The van der Waals surface area contributed by atoms with Crippen molar-refractivity contribution in [1.29, 1.82) is 0 Å². The molecule has 12 heteroatoms. The monoisotopic (exact) mass is 563 g/mol. The van der Waals surface area contributed by atoms with Crippen LogP contribution in [0, 0.1) is 6.92 Å². The second-order valence-corrected chi connectivity index (χ2v) is 11.1. The van der Waals surface area contributed by atoms with Gasteiger partial charge in [-0.25, -0.2) is 8.42 Å². The van der Waals surface area contributed by atoms with Gasteiger partial charge < -0.3 is 9.30 Å². The zero-order valence-corrected chi connectivity index (χ0v) is 22.1. The van der Waals surface area contributed by atoms with Crippen LogP contribution in [0.1, 0.15) is 15.9 Å². The number of rotatable bonds is 6. The Kier molecular flexibility index (Phi) is 7.51. The molecule has 0 fully saturated rings. The average Bonchev–Trinajstić information content (AvgIpc) is 3.18. The van der Waals surface area contributed by atoms with Gasteiger partial charge in [0.1, 0.15) is 6.54 Å². The van der Waals surface area contributed by atoms with Crippen LogP contribution in [-0.4, -0.2) is 32.0 Å². The van der Waals surface area contributed by atoms with E-state index in [2.05, 4.69) is 9.71 Å². The molecular formula is C24H19Cl2N3O5S2. The fourth-order valence-electron chi connectivity index (χ4n) is 3.36. The SMILES string of the molecule is COC(=O)Cn1c(=NC(=O)c2ccccc2NS(=O)(=O)c2ccc(C)cc2)sc2ccc(Cl)c(Cl)c21. The quantitative estimate of drug-likeness (QED) is 0.331. The summed E-state index contributed by atoms with van der Waals surface area (Å²) >= 11 is 13.7.